The number of carbonyl (C=O) groups excluding carboxylic acids is 1. The Labute approximate surface area is 154 Å². The number of likely N-dealkylation sites (N-methyl/N-ethyl adjacent to an activating group) is 1. The van der Waals surface area contributed by atoms with E-state index >= 15 is 0 Å². The van der Waals surface area contributed by atoms with Gasteiger partial charge in [-0.2, -0.15) is 8.42 Å². The molecule has 0 aliphatic rings. The number of hydrogen-bond acceptors (Lipinski definition) is 3. The predicted molar refractivity (Wildman–Crippen MR) is 104 cm³/mol. The highest BCUT2D eigenvalue weighted by atomic mass is 32.2. The summed E-state index contributed by atoms with van der Waals surface area (Å²) in [5, 5.41) is 0. The number of nitrogens with zero attached hydrogens (tertiary/aromatic N) is 1. The molecule has 0 aliphatic heterocycles. The van der Waals surface area contributed by atoms with Crippen LogP contribution in [0.3, 0.4) is 0 Å². The molecule has 0 unspecified atom stereocenters. The molecule has 25 heavy (non-hydrogen) atoms. The van der Waals surface area contributed by atoms with E-state index in [0.29, 0.717) is 6.54 Å². The molecule has 0 aromatic heterocycles. The summed E-state index contributed by atoms with van der Waals surface area (Å²) < 4.78 is 29.9. The monoisotopic (exact) mass is 375 g/mol. The van der Waals surface area contributed by atoms with Gasteiger partial charge in [0.1, 0.15) is 0 Å². The maximum atomic E-state index is 11.8. The number of hydrogen-bond donors (Lipinski definition) is 1. The van der Waals surface area contributed by atoms with E-state index in [0.717, 1.165) is 12.8 Å². The van der Waals surface area contributed by atoms with Gasteiger partial charge in [0, 0.05) is 13.6 Å². The number of allylic oxidation sites excluding steroid dienone is 1. The van der Waals surface area contributed by atoms with Crippen molar-refractivity contribution >= 4 is 16.0 Å². The number of unbranched alkanes of at least 4 members (excludes halogenated alkanes) is 10. The Morgan fingerprint density at radius 2 is 1.44 bits per heavy atom. The van der Waals surface area contributed by atoms with E-state index < -0.39 is 10.1 Å². The maximum absolute atomic E-state index is 11.8. The van der Waals surface area contributed by atoms with Crippen molar-refractivity contribution in [1.82, 2.24) is 4.90 Å². The van der Waals surface area contributed by atoms with E-state index in [-0.39, 0.29) is 18.1 Å². The average molecular weight is 376 g/mol. The fourth-order valence-electron chi connectivity index (χ4n) is 2.66. The molecule has 148 valence electrons. The predicted octanol–water partition coefficient (Wildman–Crippen LogP) is 4.59. The molecule has 0 radical (unpaired) electrons. The first kappa shape index (κ1) is 24.1. The zero-order valence-electron chi connectivity index (χ0n) is 16.1. The molecule has 6 heteroatoms. The third-order valence-electron chi connectivity index (χ3n) is 4.26. The quantitative estimate of drug-likeness (QED) is 0.243. The van der Waals surface area contributed by atoms with Gasteiger partial charge >= 0.3 is 0 Å². The summed E-state index contributed by atoms with van der Waals surface area (Å²) in [5.74, 6) is -0.435. The van der Waals surface area contributed by atoms with Crippen LogP contribution >= 0.6 is 0 Å². The van der Waals surface area contributed by atoms with E-state index in [1.54, 1.807) is 13.1 Å². The Kier molecular flexibility index (Phi) is 14.8. The third-order valence-corrected chi connectivity index (χ3v) is 5.06. The zero-order chi connectivity index (χ0) is 19.0. The van der Waals surface area contributed by atoms with Crippen LogP contribution in [0, 0.1) is 0 Å². The van der Waals surface area contributed by atoms with Crippen LogP contribution in [0.25, 0.3) is 0 Å². The second kappa shape index (κ2) is 15.4. The minimum atomic E-state index is -3.94. The van der Waals surface area contributed by atoms with Crippen LogP contribution in [0.5, 0.6) is 0 Å². The summed E-state index contributed by atoms with van der Waals surface area (Å²) in [6.07, 6.45) is 17.6. The lowest BCUT2D eigenvalue weighted by molar-refractivity contribution is -0.124. The summed E-state index contributed by atoms with van der Waals surface area (Å²) in [7, 11) is -2.31. The van der Waals surface area contributed by atoms with E-state index in [1.165, 1.54) is 62.7 Å². The van der Waals surface area contributed by atoms with E-state index in [2.05, 4.69) is 6.92 Å². The van der Waals surface area contributed by atoms with Gasteiger partial charge < -0.3 is 4.90 Å². The number of carbonyl (C=O) groups is 1. The molecular weight excluding hydrogens is 338 g/mol. The second-order valence-electron chi connectivity index (χ2n) is 6.77. The van der Waals surface area contributed by atoms with Gasteiger partial charge in [-0.3, -0.25) is 9.35 Å². The molecule has 0 heterocycles. The zero-order valence-corrected chi connectivity index (χ0v) is 16.9. The molecule has 1 amide bonds. The largest absolute Gasteiger partial charge is 0.342 e. The first-order valence-electron chi connectivity index (χ1n) is 9.73. The first-order valence-corrected chi connectivity index (χ1v) is 11.3. The lowest BCUT2D eigenvalue weighted by atomic mass is 10.1. The van der Waals surface area contributed by atoms with Gasteiger partial charge in [0.25, 0.3) is 10.1 Å². The average Bonchev–Trinajstić information content (AvgIpc) is 2.54. The summed E-state index contributed by atoms with van der Waals surface area (Å²) in [6, 6.07) is 0. The molecule has 5 nitrogen and oxygen atoms in total. The van der Waals surface area contributed by atoms with Gasteiger partial charge in [0.2, 0.25) is 5.91 Å². The summed E-state index contributed by atoms with van der Waals surface area (Å²) in [6.45, 7) is 2.56. The number of rotatable bonds is 16. The summed E-state index contributed by atoms with van der Waals surface area (Å²) >= 11 is 0. The molecule has 0 rings (SSSR count). The summed E-state index contributed by atoms with van der Waals surface area (Å²) in [4.78, 5) is 13.3. The van der Waals surface area contributed by atoms with Crippen LogP contribution in [0.15, 0.2) is 12.2 Å². The SMILES string of the molecule is CCCCCCCCCCCC/C=C/C(=O)N(C)CCCS(=O)(=O)O. The van der Waals surface area contributed by atoms with Crippen molar-refractivity contribution < 1.29 is 17.8 Å². The van der Waals surface area contributed by atoms with Crippen molar-refractivity contribution in [3.05, 3.63) is 12.2 Å². The maximum Gasteiger partial charge on any atom is 0.264 e. The minimum absolute atomic E-state index is 0.123. The molecule has 0 bridgehead atoms. The standard InChI is InChI=1S/C19H37NO4S/c1-3-4-5-6-7-8-9-10-11-12-13-14-16-19(21)20(2)17-15-18-25(22,23)24/h14,16H,3-13,15,17-18H2,1-2H3,(H,22,23,24)/b16-14+. The highest BCUT2D eigenvalue weighted by molar-refractivity contribution is 7.85. The molecule has 0 aromatic rings. The number of amides is 1. The fourth-order valence-corrected chi connectivity index (χ4v) is 3.15. The Morgan fingerprint density at radius 1 is 0.920 bits per heavy atom. The smallest absolute Gasteiger partial charge is 0.264 e. The second-order valence-corrected chi connectivity index (χ2v) is 8.34. The van der Waals surface area contributed by atoms with Gasteiger partial charge in [-0.05, 0) is 25.3 Å². The van der Waals surface area contributed by atoms with Crippen molar-refractivity contribution in [3.8, 4) is 0 Å². The highest BCUT2D eigenvalue weighted by Crippen LogP contribution is 2.11. The van der Waals surface area contributed by atoms with Gasteiger partial charge in [0.05, 0.1) is 5.75 Å². The normalized spacial score (nSPS) is 12.0. The van der Waals surface area contributed by atoms with Crippen LogP contribution in [0.2, 0.25) is 0 Å². The Balaban J connectivity index is 3.53. The van der Waals surface area contributed by atoms with Crippen LogP contribution in [0.4, 0.5) is 0 Å². The third kappa shape index (κ3) is 17.7. The lowest BCUT2D eigenvalue weighted by Crippen LogP contribution is -2.27. The molecule has 0 saturated heterocycles. The van der Waals surface area contributed by atoms with Crippen molar-refractivity contribution in [2.45, 2.75) is 84.0 Å². The van der Waals surface area contributed by atoms with Crippen molar-refractivity contribution in [2.75, 3.05) is 19.3 Å². The van der Waals surface area contributed by atoms with Crippen LogP contribution in [-0.4, -0.2) is 43.1 Å². The van der Waals surface area contributed by atoms with Gasteiger partial charge in [-0.25, -0.2) is 0 Å². The molecule has 0 spiro atoms. The van der Waals surface area contributed by atoms with Crippen LogP contribution in [-0.2, 0) is 14.9 Å². The molecule has 0 aliphatic carbocycles. The molecule has 0 saturated carbocycles. The molecule has 0 fully saturated rings. The Morgan fingerprint density at radius 3 is 1.96 bits per heavy atom. The highest BCUT2D eigenvalue weighted by Gasteiger charge is 2.08. The van der Waals surface area contributed by atoms with E-state index in [9.17, 15) is 13.2 Å². The fraction of sp³-hybridized carbons (Fsp3) is 0.842. The van der Waals surface area contributed by atoms with Crippen molar-refractivity contribution in [2.24, 2.45) is 0 Å². The van der Waals surface area contributed by atoms with Gasteiger partial charge in [-0.15, -0.1) is 0 Å². The minimum Gasteiger partial charge on any atom is -0.342 e. The van der Waals surface area contributed by atoms with Gasteiger partial charge in [0.15, 0.2) is 0 Å². The Hall–Kier alpha value is -0.880. The first-order chi connectivity index (χ1) is 11.9. The van der Waals surface area contributed by atoms with Gasteiger partial charge in [-0.1, -0.05) is 70.8 Å². The van der Waals surface area contributed by atoms with Crippen LogP contribution in [0.1, 0.15) is 84.0 Å². The van der Waals surface area contributed by atoms with Crippen molar-refractivity contribution in [1.29, 1.82) is 0 Å². The molecular formula is C19H37NO4S. The topological polar surface area (TPSA) is 74.7 Å². The molecule has 1 N–H and O–H groups in total. The van der Waals surface area contributed by atoms with Crippen molar-refractivity contribution in [3.63, 3.8) is 0 Å². The lowest BCUT2D eigenvalue weighted by Gasteiger charge is -2.14. The summed E-state index contributed by atoms with van der Waals surface area (Å²) in [5.41, 5.74) is 0. The molecule has 0 atom stereocenters. The van der Waals surface area contributed by atoms with E-state index in [4.69, 9.17) is 4.55 Å². The van der Waals surface area contributed by atoms with E-state index in [1.807, 2.05) is 6.08 Å². The molecule has 0 aromatic carbocycles. The van der Waals surface area contributed by atoms with Crippen LogP contribution < -0.4 is 0 Å². The Bertz CT molecular complexity index is 460.